The molecular formula is C51H73N3O12. The number of carbonyl (C=O) groups excluding carboxylic acids is 4. The summed E-state index contributed by atoms with van der Waals surface area (Å²) >= 11 is 0. The van der Waals surface area contributed by atoms with Crippen LogP contribution in [-0.4, -0.2) is 127 Å². The van der Waals surface area contributed by atoms with E-state index in [1.165, 1.54) is 0 Å². The van der Waals surface area contributed by atoms with E-state index in [0.29, 0.717) is 58.7 Å². The second-order valence-electron chi connectivity index (χ2n) is 16.2. The quantitative estimate of drug-likeness (QED) is 0.0352. The van der Waals surface area contributed by atoms with Gasteiger partial charge in [0.2, 0.25) is 0 Å². The van der Waals surface area contributed by atoms with Crippen LogP contribution in [0.1, 0.15) is 95.2 Å². The average Bonchev–Trinajstić information content (AvgIpc) is 3.24. The molecule has 0 saturated heterocycles. The molecule has 0 fully saturated rings. The number of carboxylic acid groups (broad SMARTS) is 2. The molecule has 3 aromatic rings. The molecule has 15 heteroatoms. The highest BCUT2D eigenvalue weighted by Crippen LogP contribution is 2.17. The SMILES string of the molecule is C=CCOC(=O)CN(C)Cc1ccc(OCCCCC(C)=O)cc1.CC(=O)CCCCOc1ccc(CN(C)CC(=O)O)cc1.CC(=O)CCCCOc1ccc(CN(C)CC(=O)O)cc1. The summed E-state index contributed by atoms with van der Waals surface area (Å²) < 4.78 is 21.8. The van der Waals surface area contributed by atoms with Crippen LogP contribution in [0.15, 0.2) is 85.5 Å². The standard InChI is InChI=1S/C19H27NO4.2C16H23NO4/c1-4-12-24-19(22)15-20(3)14-17-8-10-18(11-9-17)23-13-6-5-7-16(2)21;2*1-13(18)5-3-4-10-21-15-8-6-14(7-9-15)11-17(2)12-16(19)20/h4,8-11H,1,5-7,12-15H2,2-3H3;2*6-9H,3-5,10-12H2,1-2H3,(H,19,20). The number of ketones is 3. The molecular weight excluding hydrogens is 847 g/mol. The van der Waals surface area contributed by atoms with Gasteiger partial charge in [0, 0.05) is 38.9 Å². The first kappa shape index (κ1) is 58.1. The molecule has 3 aromatic carbocycles. The van der Waals surface area contributed by atoms with Gasteiger partial charge in [-0.2, -0.15) is 0 Å². The van der Waals surface area contributed by atoms with Crippen LogP contribution in [0, 0.1) is 0 Å². The largest absolute Gasteiger partial charge is 0.494 e. The van der Waals surface area contributed by atoms with Gasteiger partial charge in [-0.05, 0) is 134 Å². The maximum Gasteiger partial charge on any atom is 0.320 e. The lowest BCUT2D eigenvalue weighted by molar-refractivity contribution is -0.143. The third-order valence-corrected chi connectivity index (χ3v) is 9.27. The Morgan fingerprint density at radius 1 is 0.485 bits per heavy atom. The number of Topliss-reactive ketones (excluding diaryl/α,β-unsaturated/α-hetero) is 3. The lowest BCUT2D eigenvalue weighted by atomic mass is 10.2. The molecule has 0 spiro atoms. The molecule has 0 aliphatic carbocycles. The Hall–Kier alpha value is -5.90. The number of carbonyl (C=O) groups is 6. The number of hydrogen-bond donors (Lipinski definition) is 2. The highest BCUT2D eigenvalue weighted by molar-refractivity contribution is 5.76. The molecule has 0 saturated carbocycles. The lowest BCUT2D eigenvalue weighted by Gasteiger charge is -2.16. The zero-order valence-electron chi connectivity index (χ0n) is 40.0. The highest BCUT2D eigenvalue weighted by Gasteiger charge is 2.09. The van der Waals surface area contributed by atoms with Crippen molar-refractivity contribution in [2.24, 2.45) is 0 Å². The van der Waals surface area contributed by atoms with E-state index >= 15 is 0 Å². The molecule has 0 bridgehead atoms. The minimum Gasteiger partial charge on any atom is -0.494 e. The lowest BCUT2D eigenvalue weighted by Crippen LogP contribution is -2.27. The normalized spacial score (nSPS) is 10.6. The van der Waals surface area contributed by atoms with Crippen LogP contribution in [-0.2, 0) is 53.1 Å². The van der Waals surface area contributed by atoms with Gasteiger partial charge < -0.3 is 43.5 Å². The predicted octanol–water partition coefficient (Wildman–Crippen LogP) is 7.67. The van der Waals surface area contributed by atoms with E-state index in [9.17, 15) is 28.8 Å². The van der Waals surface area contributed by atoms with Gasteiger partial charge in [-0.25, -0.2) is 0 Å². The highest BCUT2D eigenvalue weighted by atomic mass is 16.5. The molecule has 0 aliphatic heterocycles. The Bertz CT molecular complexity index is 1780. The van der Waals surface area contributed by atoms with E-state index in [4.69, 9.17) is 29.2 Å². The first-order chi connectivity index (χ1) is 31.4. The number of nitrogens with zero attached hydrogens (tertiary/aromatic N) is 3. The monoisotopic (exact) mass is 920 g/mol. The van der Waals surface area contributed by atoms with E-state index in [1.807, 2.05) is 84.7 Å². The number of aliphatic carboxylic acids is 2. The Balaban J connectivity index is 0.000000497. The van der Waals surface area contributed by atoms with Gasteiger partial charge in [0.05, 0.1) is 39.5 Å². The van der Waals surface area contributed by atoms with E-state index < -0.39 is 11.9 Å². The van der Waals surface area contributed by atoms with Crippen LogP contribution in [0.25, 0.3) is 0 Å². The van der Waals surface area contributed by atoms with Crippen molar-refractivity contribution in [3.63, 3.8) is 0 Å². The van der Waals surface area contributed by atoms with Gasteiger partial charge in [-0.1, -0.05) is 49.1 Å². The topological polar surface area (TPSA) is 190 Å². The Labute approximate surface area is 391 Å². The first-order valence-electron chi connectivity index (χ1n) is 22.3. The predicted molar refractivity (Wildman–Crippen MR) is 255 cm³/mol. The molecule has 2 N–H and O–H groups in total. The van der Waals surface area contributed by atoms with Crippen LogP contribution >= 0.6 is 0 Å². The van der Waals surface area contributed by atoms with Crippen molar-refractivity contribution < 1.29 is 57.9 Å². The van der Waals surface area contributed by atoms with Gasteiger partial charge in [-0.3, -0.25) is 29.1 Å². The number of unbranched alkanes of at least 4 members (excludes halogenated alkanes) is 3. The average molecular weight is 920 g/mol. The number of esters is 1. The summed E-state index contributed by atoms with van der Waals surface area (Å²) in [4.78, 5) is 70.5. The van der Waals surface area contributed by atoms with E-state index in [2.05, 4.69) is 6.58 Å². The van der Waals surface area contributed by atoms with Crippen molar-refractivity contribution in [1.82, 2.24) is 14.7 Å². The van der Waals surface area contributed by atoms with Crippen molar-refractivity contribution in [3.8, 4) is 17.2 Å². The van der Waals surface area contributed by atoms with Crippen LogP contribution in [0.5, 0.6) is 17.2 Å². The minimum atomic E-state index is -0.831. The fraction of sp³-hybridized carbons (Fsp3) is 0.490. The minimum absolute atomic E-state index is 0.0222. The summed E-state index contributed by atoms with van der Waals surface area (Å²) in [6.07, 6.45) is 8.56. The molecule has 0 radical (unpaired) electrons. The van der Waals surface area contributed by atoms with Crippen LogP contribution < -0.4 is 14.2 Å². The third-order valence-electron chi connectivity index (χ3n) is 9.27. The Kier molecular flexibility index (Phi) is 31.1. The summed E-state index contributed by atoms with van der Waals surface area (Å²) in [7, 11) is 5.41. The number of benzene rings is 3. The molecule has 0 amide bonds. The summed E-state index contributed by atoms with van der Waals surface area (Å²) in [5, 5.41) is 17.4. The molecule has 0 atom stereocenters. The third kappa shape index (κ3) is 32.7. The summed E-state index contributed by atoms with van der Waals surface area (Å²) in [6.45, 7) is 12.5. The van der Waals surface area contributed by atoms with Crippen molar-refractivity contribution in [1.29, 1.82) is 0 Å². The molecule has 0 aliphatic rings. The summed E-state index contributed by atoms with van der Waals surface area (Å²) in [5.41, 5.74) is 3.18. The summed E-state index contributed by atoms with van der Waals surface area (Å²) in [5.74, 6) is 1.13. The second-order valence-corrected chi connectivity index (χ2v) is 16.2. The number of likely N-dealkylation sites (N-methyl/N-ethyl adjacent to an activating group) is 3. The molecule has 364 valence electrons. The van der Waals surface area contributed by atoms with Crippen LogP contribution in [0.2, 0.25) is 0 Å². The van der Waals surface area contributed by atoms with Crippen molar-refractivity contribution in [2.75, 3.05) is 67.2 Å². The van der Waals surface area contributed by atoms with Gasteiger partial charge in [-0.15, -0.1) is 0 Å². The molecule has 66 heavy (non-hydrogen) atoms. The Morgan fingerprint density at radius 2 is 0.773 bits per heavy atom. The number of hydrogen-bond acceptors (Lipinski definition) is 13. The maximum absolute atomic E-state index is 11.5. The van der Waals surface area contributed by atoms with E-state index in [0.717, 1.165) is 72.5 Å². The maximum atomic E-state index is 11.5. The van der Waals surface area contributed by atoms with Gasteiger partial charge in [0.1, 0.15) is 41.2 Å². The molecule has 3 rings (SSSR count). The zero-order chi connectivity index (χ0) is 49.1. The number of ether oxygens (including phenoxy) is 4. The van der Waals surface area contributed by atoms with E-state index in [-0.39, 0.29) is 49.6 Å². The van der Waals surface area contributed by atoms with Gasteiger partial charge in [0.15, 0.2) is 0 Å². The fourth-order valence-electron chi connectivity index (χ4n) is 6.05. The van der Waals surface area contributed by atoms with Crippen molar-refractivity contribution in [2.45, 2.75) is 98.2 Å². The molecule has 0 heterocycles. The number of carboxylic acids is 2. The second kappa shape index (κ2) is 35.4. The smallest absolute Gasteiger partial charge is 0.320 e. The van der Waals surface area contributed by atoms with Crippen molar-refractivity contribution in [3.05, 3.63) is 102 Å². The van der Waals surface area contributed by atoms with Crippen molar-refractivity contribution >= 4 is 35.3 Å². The number of rotatable bonds is 32. The van der Waals surface area contributed by atoms with Gasteiger partial charge in [0.25, 0.3) is 0 Å². The van der Waals surface area contributed by atoms with Crippen LogP contribution in [0.3, 0.4) is 0 Å². The first-order valence-corrected chi connectivity index (χ1v) is 22.3. The molecule has 15 nitrogen and oxygen atoms in total. The molecule has 0 unspecified atom stereocenters. The Morgan fingerprint density at radius 3 is 1.03 bits per heavy atom. The summed E-state index contributed by atoms with van der Waals surface area (Å²) in [6, 6.07) is 23.1. The van der Waals surface area contributed by atoms with E-state index in [1.54, 1.807) is 50.7 Å². The zero-order valence-corrected chi connectivity index (χ0v) is 40.0. The fourth-order valence-corrected chi connectivity index (χ4v) is 6.05. The van der Waals surface area contributed by atoms with Crippen LogP contribution in [0.4, 0.5) is 0 Å². The van der Waals surface area contributed by atoms with Gasteiger partial charge >= 0.3 is 17.9 Å². The molecule has 0 aromatic heterocycles.